The Kier molecular flexibility index (Phi) is 4.28. The lowest BCUT2D eigenvalue weighted by Gasteiger charge is -2.29. The van der Waals surface area contributed by atoms with Gasteiger partial charge in [-0.05, 0) is 48.7 Å². The zero-order valence-corrected chi connectivity index (χ0v) is 14.4. The van der Waals surface area contributed by atoms with Crippen LogP contribution in [-0.2, 0) is 11.2 Å². The zero-order valence-electron chi connectivity index (χ0n) is 13.6. The average molecular weight is 353 g/mol. The van der Waals surface area contributed by atoms with Gasteiger partial charge in [0.05, 0.1) is 5.02 Å². The highest BCUT2D eigenvalue weighted by molar-refractivity contribution is 6.35. The Labute approximate surface area is 151 Å². The van der Waals surface area contributed by atoms with E-state index in [0.29, 0.717) is 16.3 Å². The molecular formula is C20H17ClN2O2. The highest BCUT2D eigenvalue weighted by atomic mass is 35.5. The largest absolute Gasteiger partial charge is 0.481 e. The number of carbonyl (C=O) groups excluding carboxylic acids is 1. The zero-order chi connectivity index (χ0) is 17.2. The molecule has 2 aromatic carbocycles. The van der Waals surface area contributed by atoms with E-state index in [1.165, 1.54) is 5.56 Å². The molecule has 0 atom stereocenters. The smallest absolute Gasteiger partial charge is 0.264 e. The molecule has 1 aliphatic heterocycles. The average Bonchev–Trinajstić information content (AvgIpc) is 2.67. The minimum atomic E-state index is -0.0498. The molecule has 0 unspecified atom stereocenters. The van der Waals surface area contributed by atoms with Gasteiger partial charge in [0.15, 0.2) is 6.61 Å². The minimum absolute atomic E-state index is 0.0261. The predicted octanol–water partition coefficient (Wildman–Crippen LogP) is 4.25. The van der Waals surface area contributed by atoms with E-state index in [4.69, 9.17) is 16.3 Å². The number of para-hydroxylation sites is 1. The first-order chi connectivity index (χ1) is 12.2. The van der Waals surface area contributed by atoms with Crippen LogP contribution >= 0.6 is 11.6 Å². The number of nitrogens with zero attached hydrogens (tertiary/aromatic N) is 2. The summed E-state index contributed by atoms with van der Waals surface area (Å²) in [6, 6.07) is 15.3. The Hall–Kier alpha value is -2.59. The standard InChI is InChI=1S/C20H17ClN2O2/c21-16-9-10-18(20-15(16)7-3-11-22-20)25-13-19(24)23-12-4-6-14-5-1-2-8-17(14)23/h1-3,5,7-11H,4,6,12-13H2. The number of benzene rings is 2. The van der Waals surface area contributed by atoms with Gasteiger partial charge in [0.2, 0.25) is 0 Å². The van der Waals surface area contributed by atoms with Crippen LogP contribution in [-0.4, -0.2) is 24.0 Å². The summed E-state index contributed by atoms with van der Waals surface area (Å²) in [5.41, 5.74) is 2.86. The van der Waals surface area contributed by atoms with Crippen LogP contribution in [0.2, 0.25) is 5.02 Å². The quantitative estimate of drug-likeness (QED) is 0.707. The van der Waals surface area contributed by atoms with E-state index in [-0.39, 0.29) is 12.5 Å². The molecule has 1 amide bonds. The molecule has 0 aliphatic carbocycles. The molecule has 0 N–H and O–H groups in total. The lowest BCUT2D eigenvalue weighted by Crippen LogP contribution is -2.38. The summed E-state index contributed by atoms with van der Waals surface area (Å²) in [6.07, 6.45) is 3.66. The van der Waals surface area contributed by atoms with Crippen LogP contribution < -0.4 is 9.64 Å². The number of aromatic nitrogens is 1. The van der Waals surface area contributed by atoms with Crippen molar-refractivity contribution in [2.75, 3.05) is 18.1 Å². The number of ether oxygens (including phenoxy) is 1. The third-order valence-electron chi connectivity index (χ3n) is 4.44. The van der Waals surface area contributed by atoms with Crippen molar-refractivity contribution in [2.24, 2.45) is 0 Å². The fraction of sp³-hybridized carbons (Fsp3) is 0.200. The Morgan fingerprint density at radius 1 is 1.16 bits per heavy atom. The Morgan fingerprint density at radius 3 is 2.96 bits per heavy atom. The lowest BCUT2D eigenvalue weighted by atomic mass is 10.0. The number of fused-ring (bicyclic) bond motifs is 2. The number of hydrogen-bond acceptors (Lipinski definition) is 3. The fourth-order valence-electron chi connectivity index (χ4n) is 3.24. The molecule has 0 spiro atoms. The van der Waals surface area contributed by atoms with Crippen LogP contribution in [0.1, 0.15) is 12.0 Å². The van der Waals surface area contributed by atoms with E-state index in [1.807, 2.05) is 35.2 Å². The van der Waals surface area contributed by atoms with Crippen LogP contribution in [0.4, 0.5) is 5.69 Å². The van der Waals surface area contributed by atoms with Gasteiger partial charge in [-0.1, -0.05) is 29.8 Å². The SMILES string of the molecule is O=C(COc1ccc(Cl)c2cccnc12)N1CCCc2ccccc21. The molecule has 3 aromatic rings. The maximum absolute atomic E-state index is 12.7. The molecule has 0 fully saturated rings. The Balaban J connectivity index is 1.55. The maximum Gasteiger partial charge on any atom is 0.264 e. The molecule has 0 radical (unpaired) electrons. The van der Waals surface area contributed by atoms with Gasteiger partial charge < -0.3 is 9.64 Å². The van der Waals surface area contributed by atoms with Crippen molar-refractivity contribution < 1.29 is 9.53 Å². The van der Waals surface area contributed by atoms with Crippen molar-refractivity contribution in [3.05, 3.63) is 65.3 Å². The van der Waals surface area contributed by atoms with Crippen molar-refractivity contribution in [3.63, 3.8) is 0 Å². The first kappa shape index (κ1) is 15.9. The summed E-state index contributed by atoms with van der Waals surface area (Å²) < 4.78 is 5.79. The second-order valence-electron chi connectivity index (χ2n) is 6.01. The van der Waals surface area contributed by atoms with Gasteiger partial charge in [0.1, 0.15) is 11.3 Å². The molecular weight excluding hydrogens is 336 g/mol. The number of aryl methyl sites for hydroxylation is 1. The number of rotatable bonds is 3. The summed E-state index contributed by atoms with van der Waals surface area (Å²) >= 11 is 6.20. The van der Waals surface area contributed by atoms with E-state index >= 15 is 0 Å². The highest BCUT2D eigenvalue weighted by Crippen LogP contribution is 2.30. The van der Waals surface area contributed by atoms with Crippen molar-refractivity contribution in [1.29, 1.82) is 0 Å². The van der Waals surface area contributed by atoms with Gasteiger partial charge in [-0.2, -0.15) is 0 Å². The molecule has 0 saturated heterocycles. The summed E-state index contributed by atoms with van der Waals surface area (Å²) in [4.78, 5) is 18.8. The Morgan fingerprint density at radius 2 is 2.04 bits per heavy atom. The van der Waals surface area contributed by atoms with Crippen molar-refractivity contribution >= 4 is 34.1 Å². The number of pyridine rings is 1. The van der Waals surface area contributed by atoms with E-state index in [0.717, 1.165) is 30.5 Å². The van der Waals surface area contributed by atoms with Crippen LogP contribution in [0.25, 0.3) is 10.9 Å². The molecule has 1 aliphatic rings. The van der Waals surface area contributed by atoms with Crippen molar-refractivity contribution in [3.8, 4) is 5.75 Å². The third-order valence-corrected chi connectivity index (χ3v) is 4.77. The monoisotopic (exact) mass is 352 g/mol. The fourth-order valence-corrected chi connectivity index (χ4v) is 3.45. The topological polar surface area (TPSA) is 42.4 Å². The van der Waals surface area contributed by atoms with Gasteiger partial charge in [-0.3, -0.25) is 9.78 Å². The van der Waals surface area contributed by atoms with Crippen LogP contribution in [0.3, 0.4) is 0 Å². The van der Waals surface area contributed by atoms with Crippen molar-refractivity contribution in [2.45, 2.75) is 12.8 Å². The van der Waals surface area contributed by atoms with Gasteiger partial charge in [0, 0.05) is 23.8 Å². The highest BCUT2D eigenvalue weighted by Gasteiger charge is 2.22. The first-order valence-corrected chi connectivity index (χ1v) is 8.66. The van der Waals surface area contributed by atoms with Crippen LogP contribution in [0.15, 0.2) is 54.7 Å². The molecule has 5 heteroatoms. The maximum atomic E-state index is 12.7. The van der Waals surface area contributed by atoms with Crippen LogP contribution in [0.5, 0.6) is 5.75 Å². The predicted molar refractivity (Wildman–Crippen MR) is 99.4 cm³/mol. The number of halogens is 1. The van der Waals surface area contributed by atoms with Gasteiger partial charge in [0.25, 0.3) is 5.91 Å². The number of hydrogen-bond donors (Lipinski definition) is 0. The number of amides is 1. The molecule has 1 aromatic heterocycles. The second-order valence-corrected chi connectivity index (χ2v) is 6.42. The molecule has 0 bridgehead atoms. The summed E-state index contributed by atoms with van der Waals surface area (Å²) in [5, 5.41) is 1.43. The second kappa shape index (κ2) is 6.73. The molecule has 2 heterocycles. The molecule has 4 nitrogen and oxygen atoms in total. The molecule has 4 rings (SSSR count). The summed E-state index contributed by atoms with van der Waals surface area (Å²) in [6.45, 7) is 0.695. The molecule has 126 valence electrons. The first-order valence-electron chi connectivity index (χ1n) is 8.28. The van der Waals surface area contributed by atoms with Gasteiger partial charge in [-0.25, -0.2) is 0 Å². The Bertz CT molecular complexity index is 942. The summed E-state index contributed by atoms with van der Waals surface area (Å²) in [5.74, 6) is 0.518. The minimum Gasteiger partial charge on any atom is -0.481 e. The summed E-state index contributed by atoms with van der Waals surface area (Å²) in [7, 11) is 0. The lowest BCUT2D eigenvalue weighted by molar-refractivity contribution is -0.120. The van der Waals surface area contributed by atoms with Crippen LogP contribution in [0, 0.1) is 0 Å². The van der Waals surface area contributed by atoms with Gasteiger partial charge in [-0.15, -0.1) is 0 Å². The van der Waals surface area contributed by atoms with Crippen molar-refractivity contribution in [1.82, 2.24) is 4.98 Å². The number of anilines is 1. The third kappa shape index (κ3) is 3.05. The van der Waals surface area contributed by atoms with Gasteiger partial charge >= 0.3 is 0 Å². The molecule has 0 saturated carbocycles. The number of carbonyl (C=O) groups is 1. The van der Waals surface area contributed by atoms with E-state index < -0.39 is 0 Å². The van der Waals surface area contributed by atoms with E-state index in [9.17, 15) is 4.79 Å². The van der Waals surface area contributed by atoms with E-state index in [1.54, 1.807) is 18.3 Å². The van der Waals surface area contributed by atoms with E-state index in [2.05, 4.69) is 11.1 Å². The molecule has 25 heavy (non-hydrogen) atoms. The normalized spacial score (nSPS) is 13.6.